The third kappa shape index (κ3) is 6.22. The lowest BCUT2D eigenvalue weighted by molar-refractivity contribution is 0.161. The minimum Gasteiger partial charge on any atom is -0.382 e. The molecule has 0 spiro atoms. The van der Waals surface area contributed by atoms with Gasteiger partial charge in [-0.15, -0.1) is 10.2 Å². The van der Waals surface area contributed by atoms with E-state index in [1.165, 1.54) is 10.6 Å². The molecular formula is C31H37N11O3S2. The Morgan fingerprint density at radius 3 is 2.49 bits per heavy atom. The standard InChI is InChI=1S/C31H37N11O3S2/c1-19(2)35-25-13-26(27-7-6-23-12-20(14-32)15-34-42(23)27)33-16-24(25)29-37-38-31(46-29)40-17-21-4-5-22(18-40)28(21)36-30(43)39-8-10-41(11-9-39)47(3,44)45/h6-7,12-13,15-16,19,21-22,28H,4-5,8-11,17-18H2,1-3H3,(H,33,35)(H,36,43)/t21-,22+,28+. The van der Waals surface area contributed by atoms with Crippen molar-refractivity contribution in [1.82, 2.24) is 39.3 Å². The van der Waals surface area contributed by atoms with E-state index in [2.05, 4.69) is 50.7 Å². The first kappa shape index (κ1) is 31.3. The SMILES string of the molecule is CC(C)Nc1cc(-c2ccc3cc(C#N)cnn23)ncc1-c1nnc(N2C[C@H]3CC[C@@H](C2)[C@H]3NC(=O)N2CCN(S(C)(=O)=O)CC2)s1. The average molecular weight is 676 g/mol. The maximum absolute atomic E-state index is 13.1. The van der Waals surface area contributed by atoms with Gasteiger partial charge in [-0.2, -0.15) is 14.7 Å². The summed E-state index contributed by atoms with van der Waals surface area (Å²) < 4.78 is 26.9. The molecule has 3 fully saturated rings. The molecular weight excluding hydrogens is 639 g/mol. The van der Waals surface area contributed by atoms with Gasteiger partial charge in [0.2, 0.25) is 15.2 Å². The second-order valence-corrected chi connectivity index (χ2v) is 15.8. The third-order valence-electron chi connectivity index (χ3n) is 9.27. The van der Waals surface area contributed by atoms with Crippen molar-refractivity contribution in [3.8, 4) is 28.0 Å². The molecule has 0 aromatic carbocycles. The van der Waals surface area contributed by atoms with Crippen molar-refractivity contribution in [1.29, 1.82) is 5.26 Å². The van der Waals surface area contributed by atoms with E-state index in [-0.39, 0.29) is 18.1 Å². The van der Waals surface area contributed by atoms with E-state index in [4.69, 9.17) is 4.98 Å². The van der Waals surface area contributed by atoms with Gasteiger partial charge in [-0.05, 0) is 62.8 Å². The van der Waals surface area contributed by atoms with E-state index in [9.17, 15) is 18.5 Å². The van der Waals surface area contributed by atoms with Crippen LogP contribution in [0.25, 0.3) is 27.5 Å². The number of hydrogen-bond acceptors (Lipinski definition) is 11. The first-order chi connectivity index (χ1) is 22.6. The number of nitriles is 1. The monoisotopic (exact) mass is 675 g/mol. The number of aromatic nitrogens is 5. The van der Waals surface area contributed by atoms with Crippen LogP contribution >= 0.6 is 11.3 Å². The van der Waals surface area contributed by atoms with E-state index < -0.39 is 10.0 Å². The lowest BCUT2D eigenvalue weighted by Gasteiger charge is -2.40. The number of rotatable bonds is 7. The highest BCUT2D eigenvalue weighted by atomic mass is 32.2. The molecule has 4 aromatic heterocycles. The fraction of sp³-hybridized carbons (Fsp3) is 0.484. The number of pyridine rings is 1. The lowest BCUT2D eigenvalue weighted by atomic mass is 9.92. The molecule has 7 rings (SSSR count). The van der Waals surface area contributed by atoms with E-state index in [1.54, 1.807) is 33.0 Å². The van der Waals surface area contributed by atoms with Crippen molar-refractivity contribution in [3.05, 3.63) is 42.2 Å². The van der Waals surface area contributed by atoms with Crippen molar-refractivity contribution in [3.63, 3.8) is 0 Å². The molecule has 2 amide bonds. The summed E-state index contributed by atoms with van der Waals surface area (Å²) in [7, 11) is -3.25. The van der Waals surface area contributed by atoms with Gasteiger partial charge in [-0.25, -0.2) is 17.7 Å². The molecule has 14 nitrogen and oxygen atoms in total. The van der Waals surface area contributed by atoms with Gasteiger partial charge >= 0.3 is 6.03 Å². The Balaban J connectivity index is 1.05. The van der Waals surface area contributed by atoms with Crippen LogP contribution in [0.15, 0.2) is 36.7 Å². The molecule has 0 unspecified atom stereocenters. The predicted octanol–water partition coefficient (Wildman–Crippen LogP) is 3.11. The summed E-state index contributed by atoms with van der Waals surface area (Å²) in [4.78, 5) is 21.9. The number of anilines is 2. The number of nitrogens with zero attached hydrogens (tertiary/aromatic N) is 9. The summed E-state index contributed by atoms with van der Waals surface area (Å²) in [5.41, 5.74) is 4.66. The summed E-state index contributed by atoms with van der Waals surface area (Å²) >= 11 is 1.54. The van der Waals surface area contributed by atoms with Gasteiger partial charge in [0.1, 0.15) is 6.07 Å². The Hall–Kier alpha value is -4.33. The number of carbonyl (C=O) groups excluding carboxylic acids is 1. The number of piperazine rings is 1. The molecule has 16 heteroatoms. The van der Waals surface area contributed by atoms with Crippen molar-refractivity contribution >= 4 is 43.7 Å². The van der Waals surface area contributed by atoms with E-state index in [0.29, 0.717) is 43.6 Å². The zero-order chi connectivity index (χ0) is 32.9. The highest BCUT2D eigenvalue weighted by Crippen LogP contribution is 2.41. The Morgan fingerprint density at radius 1 is 1.06 bits per heavy atom. The van der Waals surface area contributed by atoms with Gasteiger partial charge in [0, 0.05) is 63.2 Å². The van der Waals surface area contributed by atoms with Crippen LogP contribution in [0.2, 0.25) is 0 Å². The highest BCUT2D eigenvalue weighted by Gasteiger charge is 2.44. The van der Waals surface area contributed by atoms with Gasteiger partial charge in [0.05, 0.1) is 40.5 Å². The molecule has 4 aromatic rings. The Bertz CT molecular complexity index is 1950. The third-order valence-corrected chi connectivity index (χ3v) is 11.6. The topological polar surface area (TPSA) is 165 Å². The van der Waals surface area contributed by atoms with E-state index >= 15 is 0 Å². The molecule has 2 N–H and O–H groups in total. The number of sulfonamides is 1. The molecule has 3 atom stereocenters. The number of amides is 2. The van der Waals surface area contributed by atoms with Crippen LogP contribution in [-0.4, -0.2) is 106 Å². The minimum atomic E-state index is -3.25. The van der Waals surface area contributed by atoms with Crippen LogP contribution in [-0.2, 0) is 10.0 Å². The number of nitrogens with one attached hydrogen (secondary N) is 2. The first-order valence-corrected chi connectivity index (χ1v) is 18.5. The fourth-order valence-corrected chi connectivity index (χ4v) is 8.69. The van der Waals surface area contributed by atoms with Crippen molar-refractivity contribution in [2.24, 2.45) is 11.8 Å². The number of piperidine rings is 1. The molecule has 246 valence electrons. The largest absolute Gasteiger partial charge is 0.382 e. The van der Waals surface area contributed by atoms with Gasteiger partial charge in [0.25, 0.3) is 0 Å². The Kier molecular flexibility index (Phi) is 8.23. The Morgan fingerprint density at radius 2 is 1.81 bits per heavy atom. The molecule has 2 aliphatic heterocycles. The second kappa shape index (κ2) is 12.4. The Labute approximate surface area is 277 Å². The van der Waals surface area contributed by atoms with Crippen LogP contribution < -0.4 is 15.5 Å². The summed E-state index contributed by atoms with van der Waals surface area (Å²) in [5.74, 6) is 0.604. The maximum Gasteiger partial charge on any atom is 0.317 e. The lowest BCUT2D eigenvalue weighted by Crippen LogP contribution is -2.58. The highest BCUT2D eigenvalue weighted by molar-refractivity contribution is 7.88. The molecule has 3 aliphatic rings. The van der Waals surface area contributed by atoms with Gasteiger partial charge in [0.15, 0.2) is 5.01 Å². The molecule has 0 radical (unpaired) electrons. The zero-order valence-electron chi connectivity index (χ0n) is 26.5. The van der Waals surface area contributed by atoms with Crippen LogP contribution in [0.1, 0.15) is 32.3 Å². The molecule has 2 bridgehead atoms. The quantitative estimate of drug-likeness (QED) is 0.297. The van der Waals surface area contributed by atoms with Crippen LogP contribution in [0.3, 0.4) is 0 Å². The molecule has 1 aliphatic carbocycles. The summed E-state index contributed by atoms with van der Waals surface area (Å²) in [6, 6.07) is 9.97. The van der Waals surface area contributed by atoms with Crippen molar-refractivity contribution in [2.75, 3.05) is 55.7 Å². The fourth-order valence-electron chi connectivity index (χ4n) is 6.97. The van der Waals surface area contributed by atoms with Gasteiger partial charge in [-0.3, -0.25) is 4.98 Å². The van der Waals surface area contributed by atoms with Crippen LogP contribution in [0.5, 0.6) is 0 Å². The first-order valence-electron chi connectivity index (χ1n) is 15.8. The van der Waals surface area contributed by atoms with Gasteiger partial charge in [-0.1, -0.05) is 11.3 Å². The maximum atomic E-state index is 13.1. The average Bonchev–Trinajstić information content (AvgIpc) is 3.76. The van der Waals surface area contributed by atoms with Crippen molar-refractivity contribution in [2.45, 2.75) is 38.8 Å². The molecule has 2 saturated heterocycles. The van der Waals surface area contributed by atoms with Crippen LogP contribution in [0.4, 0.5) is 15.6 Å². The second-order valence-electron chi connectivity index (χ2n) is 12.8. The molecule has 1 saturated carbocycles. The normalized spacial score (nSPS) is 21.7. The van der Waals surface area contributed by atoms with E-state index in [0.717, 1.165) is 64.2 Å². The van der Waals surface area contributed by atoms with Crippen LogP contribution in [0, 0.1) is 23.2 Å². The number of fused-ring (bicyclic) bond motifs is 3. The summed E-state index contributed by atoms with van der Waals surface area (Å²) in [6.07, 6.45) is 6.66. The number of hydrogen-bond donors (Lipinski definition) is 2. The predicted molar refractivity (Wildman–Crippen MR) is 180 cm³/mol. The minimum absolute atomic E-state index is 0.0868. The number of carbonyl (C=O) groups is 1. The molecule has 47 heavy (non-hydrogen) atoms. The van der Waals surface area contributed by atoms with E-state index in [1.807, 2.05) is 24.4 Å². The summed E-state index contributed by atoms with van der Waals surface area (Å²) in [5, 5.41) is 31.3. The number of urea groups is 1. The van der Waals surface area contributed by atoms with Crippen molar-refractivity contribution < 1.29 is 13.2 Å². The molecule has 6 heterocycles. The smallest absolute Gasteiger partial charge is 0.317 e. The van der Waals surface area contributed by atoms with Gasteiger partial charge < -0.3 is 20.4 Å². The summed E-state index contributed by atoms with van der Waals surface area (Å²) in [6.45, 7) is 7.19. The zero-order valence-corrected chi connectivity index (χ0v) is 28.1.